The quantitative estimate of drug-likeness (QED) is 0.751. The van der Waals surface area contributed by atoms with Gasteiger partial charge in [0.25, 0.3) is 5.56 Å². The summed E-state index contributed by atoms with van der Waals surface area (Å²) in [4.78, 5) is 16.8. The van der Waals surface area contributed by atoms with Gasteiger partial charge in [-0.2, -0.15) is 5.48 Å². The molecule has 2 bridgehead atoms. The third kappa shape index (κ3) is 1.37. The van der Waals surface area contributed by atoms with E-state index in [4.69, 9.17) is 0 Å². The Balaban J connectivity index is 1.97. The van der Waals surface area contributed by atoms with Gasteiger partial charge in [-0.25, -0.2) is 8.42 Å². The number of rotatable bonds is 3. The van der Waals surface area contributed by atoms with E-state index in [1.165, 1.54) is 0 Å². The fraction of sp³-hybridized carbons (Fsp3) is 0.909. The Morgan fingerprint density at radius 1 is 1.47 bits per heavy atom. The van der Waals surface area contributed by atoms with E-state index in [0.717, 1.165) is 6.42 Å². The summed E-state index contributed by atoms with van der Waals surface area (Å²) in [6.45, 7) is 4.07. The molecule has 0 radical (unpaired) electrons. The lowest BCUT2D eigenvalue weighted by Gasteiger charge is -2.35. The van der Waals surface area contributed by atoms with Crippen LogP contribution in [0.4, 0.5) is 0 Å². The SMILES string of the molecule is CC1(C)C2CCC1(CS(=O)(=O)C1NO1)C(=O)C2. The fourth-order valence-corrected chi connectivity index (χ4v) is 5.57. The standard InChI is InChI=1S/C11H17NO4S/c1-10(2)7-3-4-11(10,8(13)5-7)6-17(14,15)9-12-16-9/h7,9,12H,3-6H2,1-2H3. The van der Waals surface area contributed by atoms with Crippen molar-refractivity contribution >= 4 is 15.6 Å². The maximum Gasteiger partial charge on any atom is 0.252 e. The molecule has 2 aliphatic carbocycles. The number of hydrogen-bond acceptors (Lipinski definition) is 5. The smallest absolute Gasteiger partial charge is 0.252 e. The van der Waals surface area contributed by atoms with E-state index < -0.39 is 20.8 Å². The number of hydrogen-bond donors (Lipinski definition) is 1. The van der Waals surface area contributed by atoms with Gasteiger partial charge in [-0.15, -0.1) is 0 Å². The average molecular weight is 259 g/mol. The lowest BCUT2D eigenvalue weighted by molar-refractivity contribution is -0.128. The van der Waals surface area contributed by atoms with Crippen LogP contribution in [0.1, 0.15) is 33.1 Å². The van der Waals surface area contributed by atoms with Crippen LogP contribution in [-0.4, -0.2) is 25.5 Å². The zero-order valence-corrected chi connectivity index (χ0v) is 10.8. The van der Waals surface area contributed by atoms with Gasteiger partial charge in [0, 0.05) is 11.8 Å². The van der Waals surface area contributed by atoms with Gasteiger partial charge < -0.3 is 0 Å². The lowest BCUT2D eigenvalue weighted by atomic mass is 9.70. The molecule has 5 nitrogen and oxygen atoms in total. The number of carbonyl (C=O) groups excluding carboxylic acids is 1. The second kappa shape index (κ2) is 3.10. The minimum Gasteiger partial charge on any atom is -0.299 e. The molecule has 3 aliphatic rings. The van der Waals surface area contributed by atoms with Gasteiger partial charge in [-0.05, 0) is 24.2 Å². The fourth-order valence-electron chi connectivity index (χ4n) is 3.70. The molecule has 2 saturated carbocycles. The summed E-state index contributed by atoms with van der Waals surface area (Å²) in [6.07, 6.45) is 2.21. The Bertz CT molecular complexity index is 480. The Hall–Kier alpha value is -0.460. The number of Topliss-reactive ketones (excluding diaryl/α,β-unsaturated/α-hetero) is 1. The van der Waals surface area contributed by atoms with Crippen LogP contribution < -0.4 is 5.48 Å². The molecule has 96 valence electrons. The summed E-state index contributed by atoms with van der Waals surface area (Å²) < 4.78 is 24.1. The topological polar surface area (TPSA) is 85.7 Å². The van der Waals surface area contributed by atoms with Crippen LogP contribution in [0.25, 0.3) is 0 Å². The zero-order valence-electron chi connectivity index (χ0n) is 10.0. The number of hydroxylamine groups is 1. The first-order valence-electron chi connectivity index (χ1n) is 5.96. The normalized spacial score (nSPS) is 43.1. The van der Waals surface area contributed by atoms with E-state index >= 15 is 0 Å². The lowest BCUT2D eigenvalue weighted by Crippen LogP contribution is -2.43. The molecule has 3 fully saturated rings. The molecule has 1 N–H and O–H groups in total. The van der Waals surface area contributed by atoms with Crippen molar-refractivity contribution < 1.29 is 18.0 Å². The van der Waals surface area contributed by atoms with Crippen molar-refractivity contribution in [1.82, 2.24) is 5.48 Å². The van der Waals surface area contributed by atoms with Gasteiger partial charge in [-0.3, -0.25) is 9.63 Å². The average Bonchev–Trinajstić information content (AvgIpc) is 2.98. The van der Waals surface area contributed by atoms with Crippen LogP contribution in [0.15, 0.2) is 0 Å². The van der Waals surface area contributed by atoms with E-state index in [1.54, 1.807) is 0 Å². The molecular weight excluding hydrogens is 242 g/mol. The van der Waals surface area contributed by atoms with E-state index in [9.17, 15) is 13.2 Å². The third-order valence-electron chi connectivity index (χ3n) is 5.13. The summed E-state index contributed by atoms with van der Waals surface area (Å²) in [6, 6.07) is 0. The van der Waals surface area contributed by atoms with Crippen LogP contribution in [0, 0.1) is 16.7 Å². The summed E-state index contributed by atoms with van der Waals surface area (Å²) in [7, 11) is -3.37. The molecule has 0 aromatic rings. The molecule has 0 aromatic heterocycles. The second-order valence-electron chi connectivity index (χ2n) is 6.04. The first-order valence-corrected chi connectivity index (χ1v) is 7.67. The number of carbonyl (C=O) groups is 1. The maximum absolute atomic E-state index is 12.2. The summed E-state index contributed by atoms with van der Waals surface area (Å²) in [5.74, 6) is 0.404. The number of ketones is 1. The van der Waals surface area contributed by atoms with Crippen molar-refractivity contribution in [2.45, 2.75) is 38.7 Å². The Morgan fingerprint density at radius 2 is 2.12 bits per heavy atom. The second-order valence-corrected chi connectivity index (χ2v) is 8.08. The highest BCUT2D eigenvalue weighted by Crippen LogP contribution is 2.64. The van der Waals surface area contributed by atoms with Crippen molar-refractivity contribution in [2.24, 2.45) is 16.7 Å². The predicted octanol–water partition coefficient (Wildman–Crippen LogP) is 0.615. The van der Waals surface area contributed by atoms with Crippen molar-refractivity contribution in [3.8, 4) is 0 Å². The van der Waals surface area contributed by atoms with Crippen LogP contribution in [0.2, 0.25) is 0 Å². The first kappa shape index (κ1) is 11.6. The number of fused-ring (bicyclic) bond motifs is 2. The van der Waals surface area contributed by atoms with Crippen molar-refractivity contribution in [3.63, 3.8) is 0 Å². The molecule has 1 saturated heterocycles. The van der Waals surface area contributed by atoms with Crippen molar-refractivity contribution in [1.29, 1.82) is 0 Å². The highest BCUT2D eigenvalue weighted by atomic mass is 32.2. The van der Waals surface area contributed by atoms with Crippen LogP contribution in [-0.2, 0) is 19.5 Å². The number of sulfone groups is 1. The zero-order chi connectivity index (χ0) is 12.5. The van der Waals surface area contributed by atoms with Gasteiger partial charge >= 0.3 is 0 Å². The monoisotopic (exact) mass is 259 g/mol. The van der Waals surface area contributed by atoms with Gasteiger partial charge in [0.05, 0.1) is 5.75 Å². The summed E-state index contributed by atoms with van der Waals surface area (Å²) in [5.41, 5.74) is 0.579. The van der Waals surface area contributed by atoms with Crippen LogP contribution in [0.5, 0.6) is 0 Å². The molecule has 3 atom stereocenters. The van der Waals surface area contributed by atoms with Gasteiger partial charge in [0.15, 0.2) is 9.84 Å². The molecule has 6 heteroatoms. The number of nitrogens with one attached hydrogen (secondary N) is 1. The van der Waals surface area contributed by atoms with Crippen LogP contribution >= 0.6 is 0 Å². The maximum atomic E-state index is 12.2. The summed E-state index contributed by atoms with van der Waals surface area (Å²) in [5, 5.41) is 0. The molecule has 0 spiro atoms. The minimum absolute atomic E-state index is 0.0694. The largest absolute Gasteiger partial charge is 0.299 e. The molecular formula is C11H17NO4S. The molecule has 0 amide bonds. The van der Waals surface area contributed by atoms with E-state index in [-0.39, 0.29) is 17.0 Å². The third-order valence-corrected chi connectivity index (χ3v) is 6.87. The molecule has 0 aromatic carbocycles. The van der Waals surface area contributed by atoms with E-state index in [2.05, 4.69) is 10.3 Å². The predicted molar refractivity (Wildman–Crippen MR) is 60.4 cm³/mol. The van der Waals surface area contributed by atoms with Gasteiger partial charge in [0.1, 0.15) is 5.78 Å². The minimum atomic E-state index is -3.37. The Morgan fingerprint density at radius 3 is 2.53 bits per heavy atom. The highest BCUT2D eigenvalue weighted by molar-refractivity contribution is 7.92. The van der Waals surface area contributed by atoms with Crippen molar-refractivity contribution in [3.05, 3.63) is 0 Å². The molecule has 1 heterocycles. The summed E-state index contributed by atoms with van der Waals surface area (Å²) >= 11 is 0. The molecule has 3 rings (SSSR count). The molecule has 17 heavy (non-hydrogen) atoms. The van der Waals surface area contributed by atoms with Gasteiger partial charge in [0.2, 0.25) is 0 Å². The Labute approximate surface area is 101 Å². The van der Waals surface area contributed by atoms with E-state index in [1.807, 2.05) is 13.8 Å². The first-order chi connectivity index (χ1) is 7.80. The molecule has 3 unspecified atom stereocenters. The van der Waals surface area contributed by atoms with E-state index in [0.29, 0.717) is 18.8 Å². The van der Waals surface area contributed by atoms with Gasteiger partial charge in [-0.1, -0.05) is 13.8 Å². The Kier molecular flexibility index (Phi) is 2.12. The molecule has 1 aliphatic heterocycles. The van der Waals surface area contributed by atoms with Crippen molar-refractivity contribution in [2.75, 3.05) is 5.75 Å². The van der Waals surface area contributed by atoms with Crippen LogP contribution in [0.3, 0.4) is 0 Å². The highest BCUT2D eigenvalue weighted by Gasteiger charge is 2.66.